The molecule has 0 amide bonds. The molecule has 2 nitrogen and oxygen atoms in total. The second-order valence-corrected chi connectivity index (χ2v) is 3.21. The first-order valence-electron chi connectivity index (χ1n) is 4.73. The molecule has 1 aromatic carbocycles. The number of benzene rings is 1. The van der Waals surface area contributed by atoms with E-state index < -0.39 is 0 Å². The van der Waals surface area contributed by atoms with E-state index in [2.05, 4.69) is 6.58 Å². The van der Waals surface area contributed by atoms with E-state index in [4.69, 9.17) is 9.47 Å². The molecule has 0 N–H and O–H groups in total. The van der Waals surface area contributed by atoms with Crippen LogP contribution in [0.2, 0.25) is 0 Å². The van der Waals surface area contributed by atoms with Crippen LogP contribution in [0.25, 0.3) is 0 Å². The van der Waals surface area contributed by atoms with Gasteiger partial charge in [0, 0.05) is 0 Å². The fraction of sp³-hybridized carbons (Fsp3) is 0.333. The van der Waals surface area contributed by atoms with Gasteiger partial charge in [-0.2, -0.15) is 0 Å². The van der Waals surface area contributed by atoms with Crippen molar-refractivity contribution in [2.45, 2.75) is 20.0 Å². The predicted octanol–water partition coefficient (Wildman–Crippen LogP) is 3.04. The molecular weight excluding hydrogens is 176 g/mol. The Balaban J connectivity index is 2.74. The SMILES string of the molecule is C=CCOc1ccccc1OC(C)C. The maximum atomic E-state index is 5.58. The van der Waals surface area contributed by atoms with Gasteiger partial charge in [0.05, 0.1) is 6.10 Å². The number of hydrogen-bond acceptors (Lipinski definition) is 2. The molecular formula is C12H16O2. The van der Waals surface area contributed by atoms with Gasteiger partial charge in [-0.25, -0.2) is 0 Å². The summed E-state index contributed by atoms with van der Waals surface area (Å²) in [6, 6.07) is 7.64. The molecule has 0 unspecified atom stereocenters. The first kappa shape index (κ1) is 10.6. The predicted molar refractivity (Wildman–Crippen MR) is 57.9 cm³/mol. The van der Waals surface area contributed by atoms with E-state index in [-0.39, 0.29) is 6.10 Å². The standard InChI is InChI=1S/C12H16O2/c1-4-9-13-11-7-5-6-8-12(11)14-10(2)3/h4-8,10H,1,9H2,2-3H3. The van der Waals surface area contributed by atoms with Gasteiger partial charge in [-0.05, 0) is 26.0 Å². The van der Waals surface area contributed by atoms with Gasteiger partial charge in [-0.15, -0.1) is 0 Å². The summed E-state index contributed by atoms with van der Waals surface area (Å²) in [6.45, 7) is 8.08. The van der Waals surface area contributed by atoms with Crippen LogP contribution in [0.15, 0.2) is 36.9 Å². The minimum Gasteiger partial charge on any atom is -0.487 e. The van der Waals surface area contributed by atoms with Crippen molar-refractivity contribution in [3.8, 4) is 11.5 Å². The molecule has 0 heterocycles. The monoisotopic (exact) mass is 192 g/mol. The third-order valence-electron chi connectivity index (χ3n) is 1.57. The maximum Gasteiger partial charge on any atom is 0.161 e. The van der Waals surface area contributed by atoms with Crippen LogP contribution in [0, 0.1) is 0 Å². The van der Waals surface area contributed by atoms with Crippen molar-refractivity contribution >= 4 is 0 Å². The molecule has 0 spiro atoms. The van der Waals surface area contributed by atoms with E-state index in [1.165, 1.54) is 0 Å². The highest BCUT2D eigenvalue weighted by molar-refractivity contribution is 5.39. The molecule has 0 aliphatic heterocycles. The van der Waals surface area contributed by atoms with E-state index in [1.54, 1.807) is 6.08 Å². The molecule has 0 atom stereocenters. The number of para-hydroxylation sites is 2. The van der Waals surface area contributed by atoms with Crippen LogP contribution in [0.5, 0.6) is 11.5 Å². The van der Waals surface area contributed by atoms with E-state index in [0.717, 1.165) is 11.5 Å². The number of rotatable bonds is 5. The van der Waals surface area contributed by atoms with Gasteiger partial charge in [-0.1, -0.05) is 24.8 Å². The van der Waals surface area contributed by atoms with Crippen LogP contribution >= 0.6 is 0 Å². The highest BCUT2D eigenvalue weighted by Gasteiger charge is 2.04. The van der Waals surface area contributed by atoms with Crippen molar-refractivity contribution in [2.75, 3.05) is 6.61 Å². The van der Waals surface area contributed by atoms with Gasteiger partial charge in [0.15, 0.2) is 11.5 Å². The summed E-state index contributed by atoms with van der Waals surface area (Å²) in [5, 5.41) is 0. The summed E-state index contributed by atoms with van der Waals surface area (Å²) in [6.07, 6.45) is 1.87. The molecule has 76 valence electrons. The molecule has 0 aromatic heterocycles. The Morgan fingerprint density at radius 3 is 2.50 bits per heavy atom. The minimum absolute atomic E-state index is 0.156. The molecule has 0 aliphatic carbocycles. The summed E-state index contributed by atoms with van der Waals surface area (Å²) < 4.78 is 11.0. The van der Waals surface area contributed by atoms with Crippen LogP contribution < -0.4 is 9.47 Å². The van der Waals surface area contributed by atoms with Gasteiger partial charge in [0.25, 0.3) is 0 Å². The molecule has 0 fully saturated rings. The number of hydrogen-bond donors (Lipinski definition) is 0. The summed E-state index contributed by atoms with van der Waals surface area (Å²) in [5.41, 5.74) is 0. The Bertz CT molecular complexity index is 292. The van der Waals surface area contributed by atoms with Gasteiger partial charge in [-0.3, -0.25) is 0 Å². The summed E-state index contributed by atoms with van der Waals surface area (Å²) in [4.78, 5) is 0. The Morgan fingerprint density at radius 2 is 1.93 bits per heavy atom. The summed E-state index contributed by atoms with van der Waals surface area (Å²) in [5.74, 6) is 1.55. The van der Waals surface area contributed by atoms with Gasteiger partial charge < -0.3 is 9.47 Å². The maximum absolute atomic E-state index is 5.58. The quantitative estimate of drug-likeness (QED) is 0.667. The molecule has 1 rings (SSSR count). The average Bonchev–Trinajstić information content (AvgIpc) is 2.16. The normalized spacial score (nSPS) is 9.93. The van der Waals surface area contributed by atoms with Crippen molar-refractivity contribution in [1.82, 2.24) is 0 Å². The topological polar surface area (TPSA) is 18.5 Å². The fourth-order valence-corrected chi connectivity index (χ4v) is 1.07. The molecule has 0 bridgehead atoms. The highest BCUT2D eigenvalue weighted by atomic mass is 16.5. The minimum atomic E-state index is 0.156. The smallest absolute Gasteiger partial charge is 0.161 e. The third kappa shape index (κ3) is 3.13. The Labute approximate surface area is 85.2 Å². The van der Waals surface area contributed by atoms with Crippen molar-refractivity contribution in [1.29, 1.82) is 0 Å². The molecule has 0 radical (unpaired) electrons. The molecule has 0 saturated heterocycles. The first-order chi connectivity index (χ1) is 6.74. The third-order valence-corrected chi connectivity index (χ3v) is 1.57. The second-order valence-electron chi connectivity index (χ2n) is 3.21. The van der Waals surface area contributed by atoms with Crippen LogP contribution in [-0.2, 0) is 0 Å². The lowest BCUT2D eigenvalue weighted by molar-refractivity contribution is 0.226. The molecule has 1 aromatic rings. The van der Waals surface area contributed by atoms with Crippen molar-refractivity contribution in [3.63, 3.8) is 0 Å². The lowest BCUT2D eigenvalue weighted by atomic mass is 10.3. The average molecular weight is 192 g/mol. The zero-order chi connectivity index (χ0) is 10.4. The Kier molecular flexibility index (Phi) is 4.05. The van der Waals surface area contributed by atoms with Crippen molar-refractivity contribution in [2.24, 2.45) is 0 Å². The first-order valence-corrected chi connectivity index (χ1v) is 4.73. The van der Waals surface area contributed by atoms with Crippen LogP contribution in [-0.4, -0.2) is 12.7 Å². The Morgan fingerprint density at radius 1 is 1.29 bits per heavy atom. The van der Waals surface area contributed by atoms with E-state index in [0.29, 0.717) is 6.61 Å². The number of ether oxygens (including phenoxy) is 2. The second kappa shape index (κ2) is 5.32. The fourth-order valence-electron chi connectivity index (χ4n) is 1.07. The van der Waals surface area contributed by atoms with Crippen LogP contribution in [0.4, 0.5) is 0 Å². The Hall–Kier alpha value is -1.44. The van der Waals surface area contributed by atoms with E-state index >= 15 is 0 Å². The largest absolute Gasteiger partial charge is 0.487 e. The highest BCUT2D eigenvalue weighted by Crippen LogP contribution is 2.27. The van der Waals surface area contributed by atoms with E-state index in [1.807, 2.05) is 38.1 Å². The van der Waals surface area contributed by atoms with E-state index in [9.17, 15) is 0 Å². The zero-order valence-corrected chi connectivity index (χ0v) is 8.69. The van der Waals surface area contributed by atoms with Crippen LogP contribution in [0.3, 0.4) is 0 Å². The molecule has 2 heteroatoms. The lowest BCUT2D eigenvalue weighted by Gasteiger charge is -2.13. The van der Waals surface area contributed by atoms with Crippen molar-refractivity contribution < 1.29 is 9.47 Å². The van der Waals surface area contributed by atoms with Gasteiger partial charge in [0.1, 0.15) is 6.61 Å². The lowest BCUT2D eigenvalue weighted by Crippen LogP contribution is -2.07. The molecule has 0 saturated carbocycles. The molecule has 0 aliphatic rings. The van der Waals surface area contributed by atoms with Gasteiger partial charge in [0.2, 0.25) is 0 Å². The summed E-state index contributed by atoms with van der Waals surface area (Å²) >= 11 is 0. The van der Waals surface area contributed by atoms with Crippen LogP contribution in [0.1, 0.15) is 13.8 Å². The zero-order valence-electron chi connectivity index (χ0n) is 8.69. The molecule has 14 heavy (non-hydrogen) atoms. The van der Waals surface area contributed by atoms with Gasteiger partial charge >= 0.3 is 0 Å². The summed E-state index contributed by atoms with van der Waals surface area (Å²) in [7, 11) is 0. The van der Waals surface area contributed by atoms with Crippen molar-refractivity contribution in [3.05, 3.63) is 36.9 Å².